The predicted octanol–water partition coefficient (Wildman–Crippen LogP) is 11.5. The molecule has 0 spiro atoms. The van der Waals surface area contributed by atoms with Crippen molar-refractivity contribution in [3.05, 3.63) is 50.6 Å². The first-order valence-corrected chi connectivity index (χ1v) is 17.1. The van der Waals surface area contributed by atoms with Gasteiger partial charge in [-0.25, -0.2) is 4.39 Å². The van der Waals surface area contributed by atoms with Crippen LogP contribution < -0.4 is 5.32 Å². The van der Waals surface area contributed by atoms with Crippen molar-refractivity contribution < 1.29 is 52.9 Å². The number of unbranched alkanes of at least 4 members (excludes halogenated alkanes) is 3. The summed E-state index contributed by atoms with van der Waals surface area (Å²) in [5, 5.41) is 2.65. The van der Waals surface area contributed by atoms with Gasteiger partial charge in [-0.1, -0.05) is 62.8 Å². The molecule has 54 heavy (non-hydrogen) atoms. The van der Waals surface area contributed by atoms with Crippen molar-refractivity contribution >= 4 is 5.91 Å². The Balaban J connectivity index is -0.0000000552. The lowest BCUT2D eigenvalue weighted by Crippen LogP contribution is -2.50. The van der Waals surface area contributed by atoms with Crippen LogP contribution in [0.1, 0.15) is 86.6 Å². The SMILES string of the molecule is C=CCC1O[C@H](OC[C@H](NC(=O)C#CC#CC#CC#CC#CC#CC#CC#CC#CC#CC#CC#CC)[C@H](F)CCCCCC)[C@@H](C=C)C(C=C)[C@H]1C=C.[HH].[HH].[HH].[HH].[HH].[HH].[HH].[HH].[HH].[HH].[HH].[HH].[HH].[HH].[HH].[HH].[HH].[HH].[HH].[HH].[HH].[HH].[HH].[HH]. The Labute approximate surface area is 358 Å². The van der Waals surface area contributed by atoms with E-state index in [0.29, 0.717) is 12.8 Å². The minimum Gasteiger partial charge on any atom is -0.350 e. The van der Waals surface area contributed by atoms with E-state index in [2.05, 4.69) is 181 Å². The highest BCUT2D eigenvalue weighted by Crippen LogP contribution is 2.39. The molecule has 1 aliphatic rings. The highest BCUT2D eigenvalue weighted by molar-refractivity contribution is 5.94. The summed E-state index contributed by atoms with van der Waals surface area (Å²) in [4.78, 5) is 12.7. The Bertz CT molecular complexity index is 2210. The summed E-state index contributed by atoms with van der Waals surface area (Å²) in [5.41, 5.74) is 0. The molecule has 1 amide bonds. The molecule has 0 saturated carbocycles. The van der Waals surface area contributed by atoms with Crippen LogP contribution in [-0.4, -0.2) is 37.1 Å². The van der Waals surface area contributed by atoms with Crippen molar-refractivity contribution in [3.8, 4) is 142 Å². The Kier molecular flexibility index (Phi) is 25.7. The average Bonchev–Trinajstić information content (AvgIpc) is 3.17. The Morgan fingerprint density at radius 2 is 1.17 bits per heavy atom. The summed E-state index contributed by atoms with van der Waals surface area (Å²) in [7, 11) is 0. The molecule has 1 aliphatic heterocycles. The van der Waals surface area contributed by atoms with E-state index in [1.807, 2.05) is 12.2 Å². The molecule has 1 N–H and O–H groups in total. The maximum absolute atomic E-state index is 15.5. The fraction of sp³-hybridized carbons (Fsp3) is 0.327. The van der Waals surface area contributed by atoms with Crippen molar-refractivity contribution in [1.82, 2.24) is 5.32 Å². The maximum Gasteiger partial charge on any atom is 0.297 e. The largest absolute Gasteiger partial charge is 0.350 e. The molecule has 1 rings (SSSR count). The average molecular weight is 758 g/mol. The first kappa shape index (κ1) is 45.0. The van der Waals surface area contributed by atoms with E-state index in [0.717, 1.165) is 19.3 Å². The standard InChI is InChI=1S/C49H40FNO3.24H2/c1-7-13-15-17-18-19-20-21-22-23-24-25-26-27-28-29-30-31-32-33-34-35-37-40-48(52)51-46(45(50)39-36-16-14-8-2)41-53-49-44(12-6)42(10-4)43(11-5)47(54-49)38-9-3;;;;;;;;;;;;;;;;;;;;;;;;/h9-12,42-47,49H,3-6,8,14,16,36,38-39,41H2,1-2H3,(H,51,52);24*1H/t42?,43-,44+,45-,46+,47?,49+;;;;;;;;;;;;;;;;;;;;;;;;/m1......................../s1. The van der Waals surface area contributed by atoms with Crippen LogP contribution in [0.15, 0.2) is 50.6 Å². The van der Waals surface area contributed by atoms with Crippen LogP contribution in [0.4, 0.5) is 4.39 Å². The number of rotatable bonds is 15. The molecule has 1 heterocycles. The second-order valence-electron chi connectivity index (χ2n) is 10.9. The minimum absolute atomic E-state index is 0. The lowest BCUT2D eigenvalue weighted by molar-refractivity contribution is -0.236. The van der Waals surface area contributed by atoms with Crippen LogP contribution in [0.2, 0.25) is 0 Å². The third kappa shape index (κ3) is 20.0. The van der Waals surface area contributed by atoms with Gasteiger partial charge < -0.3 is 14.8 Å². The van der Waals surface area contributed by atoms with Crippen LogP contribution in [0, 0.1) is 160 Å². The Hall–Kier alpha value is -7.00. The van der Waals surface area contributed by atoms with Gasteiger partial charge in [-0.15, -0.1) is 26.3 Å². The number of nitrogens with one attached hydrogen (secondary N) is 1. The fourth-order valence-corrected chi connectivity index (χ4v) is 4.84. The summed E-state index contributed by atoms with van der Waals surface area (Å²) in [6.07, 6.45) is 9.32. The first-order valence-electron chi connectivity index (χ1n) is 17.1. The molecule has 0 aromatic carbocycles. The topological polar surface area (TPSA) is 47.6 Å². The third-order valence-corrected chi connectivity index (χ3v) is 7.30. The molecule has 1 fully saturated rings. The monoisotopic (exact) mass is 758 g/mol. The summed E-state index contributed by atoms with van der Waals surface area (Å²) in [5.74, 6) is 59.0. The second-order valence-corrected chi connectivity index (χ2v) is 10.9. The second kappa shape index (κ2) is 30.8. The van der Waals surface area contributed by atoms with Gasteiger partial charge in [0.05, 0.1) is 18.8 Å². The molecule has 0 aromatic rings. The lowest BCUT2D eigenvalue weighted by Gasteiger charge is -2.44. The predicted molar refractivity (Wildman–Crippen MR) is 266 cm³/mol. The zero-order valence-corrected chi connectivity index (χ0v) is 30.7. The lowest BCUT2D eigenvalue weighted by atomic mass is 9.75. The van der Waals surface area contributed by atoms with Crippen LogP contribution in [-0.2, 0) is 14.3 Å². The summed E-state index contributed by atoms with van der Waals surface area (Å²) < 4.78 is 27.9. The van der Waals surface area contributed by atoms with Gasteiger partial charge in [-0.3, -0.25) is 4.79 Å². The zero-order chi connectivity index (χ0) is 39.5. The fourth-order valence-electron chi connectivity index (χ4n) is 4.84. The van der Waals surface area contributed by atoms with Gasteiger partial charge in [-0.05, 0) is 120 Å². The number of hydrogen-bond donors (Lipinski definition) is 1. The number of amides is 1. The third-order valence-electron chi connectivity index (χ3n) is 7.30. The van der Waals surface area contributed by atoms with Gasteiger partial charge >= 0.3 is 0 Å². The molecule has 5 heteroatoms. The molecule has 2 unspecified atom stereocenters. The summed E-state index contributed by atoms with van der Waals surface area (Å²) in [6, 6.07) is -0.961. The molecule has 314 valence electrons. The molecule has 0 bridgehead atoms. The van der Waals surface area contributed by atoms with Crippen LogP contribution in [0.5, 0.6) is 0 Å². The van der Waals surface area contributed by atoms with E-state index >= 15 is 4.39 Å². The van der Waals surface area contributed by atoms with Gasteiger partial charge in [-0.2, -0.15) is 0 Å². The number of hydrogen-bond acceptors (Lipinski definition) is 3. The van der Waals surface area contributed by atoms with Crippen molar-refractivity contribution in [1.29, 1.82) is 0 Å². The van der Waals surface area contributed by atoms with Crippen LogP contribution >= 0.6 is 0 Å². The van der Waals surface area contributed by atoms with Gasteiger partial charge in [0.15, 0.2) is 6.29 Å². The van der Waals surface area contributed by atoms with Crippen molar-refractivity contribution in [2.45, 2.75) is 77.0 Å². The normalized spacial score (nSPS) is 17.4. The van der Waals surface area contributed by atoms with Crippen molar-refractivity contribution in [2.75, 3.05) is 6.61 Å². The minimum atomic E-state index is -1.36. The first-order chi connectivity index (χ1) is 26.5. The molecule has 1 saturated heterocycles. The number of carbonyl (C=O) groups excluding carboxylic acids is 1. The van der Waals surface area contributed by atoms with Gasteiger partial charge in [0.2, 0.25) is 0 Å². The highest BCUT2D eigenvalue weighted by Gasteiger charge is 2.42. The maximum atomic E-state index is 15.5. The van der Waals surface area contributed by atoms with Gasteiger partial charge in [0.25, 0.3) is 5.91 Å². The zero-order valence-electron chi connectivity index (χ0n) is 30.7. The van der Waals surface area contributed by atoms with E-state index in [4.69, 9.17) is 9.47 Å². The van der Waals surface area contributed by atoms with Crippen LogP contribution in [0.25, 0.3) is 0 Å². The Morgan fingerprint density at radius 1 is 0.704 bits per heavy atom. The van der Waals surface area contributed by atoms with Gasteiger partial charge in [0.1, 0.15) is 6.17 Å². The van der Waals surface area contributed by atoms with Crippen LogP contribution in [0.3, 0.4) is 0 Å². The van der Waals surface area contributed by atoms with E-state index in [1.165, 1.54) is 0 Å². The van der Waals surface area contributed by atoms with E-state index in [1.54, 1.807) is 19.1 Å². The molecular formula is C49H88FNO3. The van der Waals surface area contributed by atoms with E-state index < -0.39 is 24.4 Å². The molecule has 0 aliphatic carbocycles. The number of ether oxygens (including phenoxy) is 2. The number of alkyl halides is 1. The van der Waals surface area contributed by atoms with Crippen molar-refractivity contribution in [2.24, 2.45) is 17.8 Å². The number of carbonyl (C=O) groups is 1. The smallest absolute Gasteiger partial charge is 0.297 e. The van der Waals surface area contributed by atoms with Gasteiger partial charge in [0, 0.05) is 87.5 Å². The molecular weight excluding hydrogens is 670 g/mol. The highest BCUT2D eigenvalue weighted by atomic mass is 19.1. The molecule has 0 aromatic heterocycles. The number of halogens is 1. The quantitative estimate of drug-likeness (QED) is 0.103. The summed E-state index contributed by atoms with van der Waals surface area (Å²) >= 11 is 0. The van der Waals surface area contributed by atoms with E-state index in [-0.39, 0.29) is 71.1 Å². The van der Waals surface area contributed by atoms with E-state index in [9.17, 15) is 4.79 Å². The summed E-state index contributed by atoms with van der Waals surface area (Å²) in [6.45, 7) is 19.4. The van der Waals surface area contributed by atoms with Crippen molar-refractivity contribution in [3.63, 3.8) is 0 Å². The number of allylic oxidation sites excluding steroid dienone is 1. The molecule has 4 nitrogen and oxygen atoms in total. The molecule has 7 atom stereocenters. The molecule has 0 radical (unpaired) electrons. The Morgan fingerprint density at radius 3 is 1.59 bits per heavy atom.